The number of methoxy groups -OCH3 is 2. The minimum atomic E-state index is -4.71. The smallest absolute Gasteiger partial charge is 0.420 e. The Kier molecular flexibility index (Phi) is 7.63. The summed E-state index contributed by atoms with van der Waals surface area (Å²) in [4.78, 5) is 16.4. The second kappa shape index (κ2) is 10.4. The van der Waals surface area contributed by atoms with Crippen LogP contribution in [0.5, 0.6) is 17.2 Å². The molecule has 172 valence electrons. The molecule has 0 saturated heterocycles. The highest BCUT2D eigenvalue weighted by atomic mass is 32.2. The molecule has 2 aromatic rings. The average molecular weight is 477 g/mol. The topological polar surface area (TPSA) is 92.9 Å². The SMILES string of the molecule is COCCNC1=NC(=O)/C(=C\c2ccc(Oc3ccc(C#N)cc3C(F)(F)F)c(OC)c2)S1. The maximum atomic E-state index is 13.4. The maximum Gasteiger partial charge on any atom is 0.420 e. The number of carbonyl (C=O) groups excluding carboxylic acids is 1. The van der Waals surface area contributed by atoms with Crippen molar-refractivity contribution in [1.29, 1.82) is 5.26 Å². The van der Waals surface area contributed by atoms with Crippen molar-refractivity contribution in [2.75, 3.05) is 27.4 Å². The summed E-state index contributed by atoms with van der Waals surface area (Å²) >= 11 is 1.16. The first-order valence-corrected chi connectivity index (χ1v) is 10.3. The molecular formula is C22H18F3N3O4S. The summed E-state index contributed by atoms with van der Waals surface area (Å²) in [5.74, 6) is -0.672. The van der Waals surface area contributed by atoms with Crippen molar-refractivity contribution >= 4 is 28.9 Å². The molecule has 0 spiro atoms. The zero-order chi connectivity index (χ0) is 24.0. The lowest BCUT2D eigenvalue weighted by molar-refractivity contribution is -0.138. The van der Waals surface area contributed by atoms with Gasteiger partial charge >= 0.3 is 6.18 Å². The number of nitrogens with one attached hydrogen (secondary N) is 1. The van der Waals surface area contributed by atoms with Crippen LogP contribution in [-0.4, -0.2) is 38.4 Å². The Bertz CT molecular complexity index is 1160. The van der Waals surface area contributed by atoms with Crippen LogP contribution in [0.15, 0.2) is 46.3 Å². The quantitative estimate of drug-likeness (QED) is 0.461. The third kappa shape index (κ3) is 6.06. The van der Waals surface area contributed by atoms with Gasteiger partial charge in [-0.25, -0.2) is 0 Å². The lowest BCUT2D eigenvalue weighted by atomic mass is 10.1. The van der Waals surface area contributed by atoms with Gasteiger partial charge in [0.15, 0.2) is 16.7 Å². The number of amides is 1. The van der Waals surface area contributed by atoms with Crippen molar-refractivity contribution in [3.8, 4) is 23.3 Å². The first-order valence-electron chi connectivity index (χ1n) is 9.47. The number of benzene rings is 2. The normalized spacial score (nSPS) is 14.7. The number of hydrogen-bond acceptors (Lipinski definition) is 7. The Morgan fingerprint density at radius 3 is 2.58 bits per heavy atom. The van der Waals surface area contributed by atoms with Gasteiger partial charge in [-0.2, -0.15) is 23.4 Å². The Balaban J connectivity index is 1.83. The van der Waals surface area contributed by atoms with Crippen LogP contribution in [0.25, 0.3) is 6.08 Å². The van der Waals surface area contributed by atoms with Crippen molar-refractivity contribution in [3.05, 3.63) is 58.0 Å². The Morgan fingerprint density at radius 1 is 1.15 bits per heavy atom. The molecule has 33 heavy (non-hydrogen) atoms. The summed E-state index contributed by atoms with van der Waals surface area (Å²) in [5.41, 5.74) is -0.645. The van der Waals surface area contributed by atoms with Crippen LogP contribution >= 0.6 is 11.8 Å². The summed E-state index contributed by atoms with van der Waals surface area (Å²) in [5, 5.41) is 12.3. The van der Waals surface area contributed by atoms with Crippen LogP contribution in [0.2, 0.25) is 0 Å². The minimum Gasteiger partial charge on any atom is -0.493 e. The number of ether oxygens (including phenoxy) is 3. The standard InChI is InChI=1S/C22H18F3N3O4S/c1-30-8-7-27-21-28-20(29)19(33-21)11-13-3-6-17(18(10-13)31-2)32-16-5-4-14(12-26)9-15(16)22(23,24)25/h3-6,9-11H,7-8H2,1-2H3,(H,27,28,29)/b19-11+. The Hall–Kier alpha value is -3.49. The van der Waals surface area contributed by atoms with E-state index in [1.165, 1.54) is 25.3 Å². The molecule has 1 aliphatic heterocycles. The van der Waals surface area contributed by atoms with E-state index in [9.17, 15) is 18.0 Å². The van der Waals surface area contributed by atoms with Crippen LogP contribution in [0.3, 0.4) is 0 Å². The van der Waals surface area contributed by atoms with E-state index in [1.54, 1.807) is 25.3 Å². The minimum absolute atomic E-state index is 0.0402. The van der Waals surface area contributed by atoms with Gasteiger partial charge in [-0.3, -0.25) is 4.79 Å². The van der Waals surface area contributed by atoms with Crippen molar-refractivity contribution in [1.82, 2.24) is 5.32 Å². The third-order valence-electron chi connectivity index (χ3n) is 4.32. The molecule has 1 amide bonds. The number of nitriles is 1. The number of amidine groups is 1. The van der Waals surface area contributed by atoms with Crippen LogP contribution in [0, 0.1) is 11.3 Å². The molecule has 0 aromatic heterocycles. The molecular weight excluding hydrogens is 459 g/mol. The number of hydrogen-bond donors (Lipinski definition) is 1. The van der Waals surface area contributed by atoms with Crippen molar-refractivity contribution < 1.29 is 32.2 Å². The molecule has 0 bridgehead atoms. The lowest BCUT2D eigenvalue weighted by Crippen LogP contribution is -2.23. The molecule has 1 aliphatic rings. The second-order valence-electron chi connectivity index (χ2n) is 6.59. The van der Waals surface area contributed by atoms with Gasteiger partial charge < -0.3 is 19.5 Å². The van der Waals surface area contributed by atoms with E-state index >= 15 is 0 Å². The summed E-state index contributed by atoms with van der Waals surface area (Å²) in [6, 6.07) is 9.26. The third-order valence-corrected chi connectivity index (χ3v) is 5.26. The van der Waals surface area contributed by atoms with E-state index in [4.69, 9.17) is 19.5 Å². The van der Waals surface area contributed by atoms with E-state index in [-0.39, 0.29) is 17.1 Å². The molecule has 0 atom stereocenters. The average Bonchev–Trinajstić information content (AvgIpc) is 3.13. The molecule has 3 rings (SSSR count). The highest BCUT2D eigenvalue weighted by molar-refractivity contribution is 8.18. The number of thioether (sulfide) groups is 1. The molecule has 0 aliphatic carbocycles. The van der Waals surface area contributed by atoms with Crippen LogP contribution < -0.4 is 14.8 Å². The fourth-order valence-corrected chi connectivity index (χ4v) is 3.62. The van der Waals surface area contributed by atoms with E-state index in [1.807, 2.05) is 0 Å². The first-order chi connectivity index (χ1) is 15.7. The van der Waals surface area contributed by atoms with E-state index in [0.717, 1.165) is 23.9 Å². The van der Waals surface area contributed by atoms with E-state index in [2.05, 4.69) is 10.3 Å². The Labute approximate surface area is 191 Å². The number of aliphatic imine (C=N–C) groups is 1. The number of alkyl halides is 3. The fraction of sp³-hybridized carbons (Fsp3) is 0.227. The molecule has 7 nitrogen and oxygen atoms in total. The predicted octanol–water partition coefficient (Wildman–Crippen LogP) is 4.58. The maximum absolute atomic E-state index is 13.4. The largest absolute Gasteiger partial charge is 0.493 e. The van der Waals surface area contributed by atoms with Gasteiger partial charge in [0.2, 0.25) is 0 Å². The van der Waals surface area contributed by atoms with Gasteiger partial charge in [0.25, 0.3) is 5.91 Å². The van der Waals surface area contributed by atoms with E-state index in [0.29, 0.717) is 28.8 Å². The lowest BCUT2D eigenvalue weighted by Gasteiger charge is -2.16. The molecule has 0 saturated carbocycles. The number of nitrogens with zero attached hydrogens (tertiary/aromatic N) is 2. The first kappa shape index (κ1) is 24.2. The van der Waals surface area contributed by atoms with Crippen molar-refractivity contribution in [2.45, 2.75) is 6.18 Å². The predicted molar refractivity (Wildman–Crippen MR) is 117 cm³/mol. The van der Waals surface area contributed by atoms with Crippen LogP contribution in [0.1, 0.15) is 16.7 Å². The summed E-state index contributed by atoms with van der Waals surface area (Å²) in [7, 11) is 2.91. The van der Waals surface area contributed by atoms with Crippen LogP contribution in [-0.2, 0) is 15.7 Å². The molecule has 2 aromatic carbocycles. The van der Waals surface area contributed by atoms with Crippen molar-refractivity contribution in [2.24, 2.45) is 4.99 Å². The van der Waals surface area contributed by atoms with Gasteiger partial charge in [-0.05, 0) is 53.7 Å². The second-order valence-corrected chi connectivity index (χ2v) is 7.62. The van der Waals surface area contributed by atoms with Gasteiger partial charge in [0.05, 0.1) is 35.8 Å². The zero-order valence-electron chi connectivity index (χ0n) is 17.5. The van der Waals surface area contributed by atoms with Gasteiger partial charge in [-0.1, -0.05) is 6.07 Å². The van der Waals surface area contributed by atoms with Gasteiger partial charge in [0.1, 0.15) is 5.75 Å². The highest BCUT2D eigenvalue weighted by Gasteiger charge is 2.35. The molecule has 1 heterocycles. The molecule has 0 fully saturated rings. The number of rotatable bonds is 7. The summed E-state index contributed by atoms with van der Waals surface area (Å²) < 4.78 is 56.0. The Morgan fingerprint density at radius 2 is 1.91 bits per heavy atom. The number of carbonyl (C=O) groups is 1. The van der Waals surface area contributed by atoms with Crippen molar-refractivity contribution in [3.63, 3.8) is 0 Å². The summed E-state index contributed by atoms with van der Waals surface area (Å²) in [6.45, 7) is 0.957. The summed E-state index contributed by atoms with van der Waals surface area (Å²) in [6.07, 6.45) is -3.12. The fourth-order valence-electron chi connectivity index (χ4n) is 2.78. The molecule has 1 N–H and O–H groups in total. The zero-order valence-corrected chi connectivity index (χ0v) is 18.3. The van der Waals surface area contributed by atoms with E-state index < -0.39 is 23.4 Å². The van der Waals surface area contributed by atoms with Crippen LogP contribution in [0.4, 0.5) is 13.2 Å². The number of halogens is 3. The highest BCUT2D eigenvalue weighted by Crippen LogP contribution is 2.41. The molecule has 0 unspecified atom stereocenters. The molecule has 11 heteroatoms. The molecule has 0 radical (unpaired) electrons. The van der Waals surface area contributed by atoms with Gasteiger partial charge in [-0.15, -0.1) is 0 Å². The monoisotopic (exact) mass is 477 g/mol. The van der Waals surface area contributed by atoms with Gasteiger partial charge in [0, 0.05) is 13.7 Å².